The molecule has 4 heteroatoms. The number of rotatable bonds is 8. The first-order chi connectivity index (χ1) is 8.72. The number of hydrogen-bond acceptors (Lipinski definition) is 3. The number of nitrogens with zero attached hydrogens (tertiary/aromatic N) is 1. The minimum atomic E-state index is 0.558. The van der Waals surface area contributed by atoms with Gasteiger partial charge in [-0.3, -0.25) is 0 Å². The maximum absolute atomic E-state index is 5.88. The highest BCUT2D eigenvalue weighted by atomic mass is 35.5. The summed E-state index contributed by atoms with van der Waals surface area (Å²) in [5.41, 5.74) is 3.59. The van der Waals surface area contributed by atoms with Gasteiger partial charge in [0.15, 0.2) is 0 Å². The summed E-state index contributed by atoms with van der Waals surface area (Å²) in [5.74, 6) is 0.558. The van der Waals surface area contributed by atoms with Crippen molar-refractivity contribution in [1.82, 2.24) is 0 Å². The minimum absolute atomic E-state index is 0.558. The monoisotopic (exact) mass is 271 g/mol. The van der Waals surface area contributed by atoms with Crippen molar-refractivity contribution in [2.24, 2.45) is 0 Å². The van der Waals surface area contributed by atoms with Crippen LogP contribution in [0.15, 0.2) is 18.2 Å². The van der Waals surface area contributed by atoms with Crippen LogP contribution in [-0.2, 0) is 15.4 Å². The Morgan fingerprint density at radius 1 is 1.11 bits per heavy atom. The lowest BCUT2D eigenvalue weighted by Crippen LogP contribution is -2.30. The van der Waals surface area contributed by atoms with Gasteiger partial charge < -0.3 is 14.4 Å². The van der Waals surface area contributed by atoms with Crippen molar-refractivity contribution in [3.63, 3.8) is 0 Å². The first kappa shape index (κ1) is 15.3. The lowest BCUT2D eigenvalue weighted by Gasteiger charge is -2.25. The van der Waals surface area contributed by atoms with E-state index < -0.39 is 0 Å². The van der Waals surface area contributed by atoms with Gasteiger partial charge in [-0.25, -0.2) is 0 Å². The zero-order valence-electron chi connectivity index (χ0n) is 11.4. The Kier molecular flexibility index (Phi) is 7.09. The van der Waals surface area contributed by atoms with E-state index in [4.69, 9.17) is 21.1 Å². The van der Waals surface area contributed by atoms with E-state index >= 15 is 0 Å². The number of halogens is 1. The second-order valence-electron chi connectivity index (χ2n) is 4.22. The van der Waals surface area contributed by atoms with Gasteiger partial charge in [-0.1, -0.05) is 6.07 Å². The highest BCUT2D eigenvalue weighted by molar-refractivity contribution is 6.17. The first-order valence-electron chi connectivity index (χ1n) is 6.11. The van der Waals surface area contributed by atoms with Gasteiger partial charge in [-0.05, 0) is 30.2 Å². The summed E-state index contributed by atoms with van der Waals surface area (Å²) in [6.07, 6.45) is 0. The molecular weight excluding hydrogens is 250 g/mol. The van der Waals surface area contributed by atoms with Crippen LogP contribution < -0.4 is 4.90 Å². The molecule has 0 unspecified atom stereocenters. The molecule has 0 aliphatic heterocycles. The van der Waals surface area contributed by atoms with E-state index in [1.807, 2.05) is 0 Å². The standard InChI is InChI=1S/C14H22ClNO2/c1-12-10-14(5-4-13(12)11-15)16(6-8-17-2)7-9-18-3/h4-5,10H,6-9,11H2,1-3H3. The van der Waals surface area contributed by atoms with Crippen molar-refractivity contribution in [2.75, 3.05) is 45.4 Å². The number of ether oxygens (including phenoxy) is 2. The number of benzene rings is 1. The van der Waals surface area contributed by atoms with Gasteiger partial charge in [-0.2, -0.15) is 0 Å². The van der Waals surface area contributed by atoms with Gasteiger partial charge in [0.1, 0.15) is 0 Å². The molecule has 0 bridgehead atoms. The molecule has 0 saturated carbocycles. The molecule has 0 amide bonds. The second-order valence-corrected chi connectivity index (χ2v) is 4.48. The Hall–Kier alpha value is -0.770. The van der Waals surface area contributed by atoms with E-state index in [1.54, 1.807) is 14.2 Å². The summed E-state index contributed by atoms with van der Waals surface area (Å²) in [6, 6.07) is 6.36. The maximum Gasteiger partial charge on any atom is 0.0637 e. The lowest BCUT2D eigenvalue weighted by atomic mass is 10.1. The third kappa shape index (κ3) is 4.48. The largest absolute Gasteiger partial charge is 0.383 e. The van der Waals surface area contributed by atoms with Gasteiger partial charge in [-0.15, -0.1) is 11.6 Å². The Labute approximate surface area is 115 Å². The van der Waals surface area contributed by atoms with Crippen LogP contribution >= 0.6 is 11.6 Å². The topological polar surface area (TPSA) is 21.7 Å². The van der Waals surface area contributed by atoms with Gasteiger partial charge >= 0.3 is 0 Å². The zero-order valence-corrected chi connectivity index (χ0v) is 12.2. The van der Waals surface area contributed by atoms with E-state index in [0.717, 1.165) is 13.1 Å². The zero-order chi connectivity index (χ0) is 13.4. The normalized spacial score (nSPS) is 10.7. The number of hydrogen-bond donors (Lipinski definition) is 0. The molecule has 102 valence electrons. The smallest absolute Gasteiger partial charge is 0.0637 e. The van der Waals surface area contributed by atoms with Crippen LogP contribution in [0.25, 0.3) is 0 Å². The molecule has 0 spiro atoms. The van der Waals surface area contributed by atoms with Crippen LogP contribution in [-0.4, -0.2) is 40.5 Å². The summed E-state index contributed by atoms with van der Waals surface area (Å²) in [6.45, 7) is 5.23. The third-order valence-electron chi connectivity index (χ3n) is 2.97. The molecule has 0 heterocycles. The van der Waals surface area contributed by atoms with Gasteiger partial charge in [0.2, 0.25) is 0 Å². The molecule has 0 N–H and O–H groups in total. The molecule has 1 aromatic carbocycles. The van der Waals surface area contributed by atoms with E-state index in [0.29, 0.717) is 19.1 Å². The third-order valence-corrected chi connectivity index (χ3v) is 3.25. The molecular formula is C14H22ClNO2. The van der Waals surface area contributed by atoms with Crippen molar-refractivity contribution in [2.45, 2.75) is 12.8 Å². The van der Waals surface area contributed by atoms with E-state index in [1.165, 1.54) is 16.8 Å². The predicted octanol–water partition coefficient (Wildman–Crippen LogP) is 2.83. The SMILES string of the molecule is COCCN(CCOC)c1ccc(CCl)c(C)c1. The molecule has 1 rings (SSSR count). The van der Waals surface area contributed by atoms with E-state index in [-0.39, 0.29) is 0 Å². The van der Waals surface area contributed by atoms with Crippen molar-refractivity contribution < 1.29 is 9.47 Å². The fourth-order valence-electron chi connectivity index (χ4n) is 1.80. The Morgan fingerprint density at radius 2 is 1.72 bits per heavy atom. The van der Waals surface area contributed by atoms with Gasteiger partial charge in [0, 0.05) is 38.9 Å². The fourth-order valence-corrected chi connectivity index (χ4v) is 2.10. The number of alkyl halides is 1. The molecule has 1 aromatic rings. The average Bonchev–Trinajstić information content (AvgIpc) is 2.39. The lowest BCUT2D eigenvalue weighted by molar-refractivity contribution is 0.190. The Balaban J connectivity index is 2.79. The van der Waals surface area contributed by atoms with E-state index in [9.17, 15) is 0 Å². The van der Waals surface area contributed by atoms with Crippen LogP contribution in [0.2, 0.25) is 0 Å². The van der Waals surface area contributed by atoms with Crippen LogP contribution in [0.5, 0.6) is 0 Å². The highest BCUT2D eigenvalue weighted by Gasteiger charge is 2.07. The molecule has 0 aliphatic rings. The highest BCUT2D eigenvalue weighted by Crippen LogP contribution is 2.20. The van der Waals surface area contributed by atoms with Crippen LogP contribution in [0.4, 0.5) is 5.69 Å². The molecule has 0 fully saturated rings. The number of aryl methyl sites for hydroxylation is 1. The molecule has 0 aromatic heterocycles. The summed E-state index contributed by atoms with van der Waals surface area (Å²) in [7, 11) is 3.44. The summed E-state index contributed by atoms with van der Waals surface area (Å²) < 4.78 is 10.3. The van der Waals surface area contributed by atoms with Crippen molar-refractivity contribution in [3.8, 4) is 0 Å². The minimum Gasteiger partial charge on any atom is -0.383 e. The van der Waals surface area contributed by atoms with E-state index in [2.05, 4.69) is 30.0 Å². The molecule has 3 nitrogen and oxygen atoms in total. The summed E-state index contributed by atoms with van der Waals surface area (Å²) >= 11 is 5.88. The van der Waals surface area contributed by atoms with Crippen LogP contribution in [0, 0.1) is 6.92 Å². The molecule has 0 atom stereocenters. The first-order valence-corrected chi connectivity index (χ1v) is 6.64. The summed E-state index contributed by atoms with van der Waals surface area (Å²) in [4.78, 5) is 2.26. The second kappa shape index (κ2) is 8.35. The number of methoxy groups -OCH3 is 2. The predicted molar refractivity (Wildman–Crippen MR) is 76.7 cm³/mol. The Morgan fingerprint density at radius 3 is 2.17 bits per heavy atom. The molecule has 18 heavy (non-hydrogen) atoms. The average molecular weight is 272 g/mol. The fraction of sp³-hybridized carbons (Fsp3) is 0.571. The number of anilines is 1. The Bertz CT molecular complexity index is 350. The van der Waals surface area contributed by atoms with Crippen LogP contribution in [0.1, 0.15) is 11.1 Å². The van der Waals surface area contributed by atoms with Gasteiger partial charge in [0.25, 0.3) is 0 Å². The van der Waals surface area contributed by atoms with Crippen LogP contribution in [0.3, 0.4) is 0 Å². The molecule has 0 saturated heterocycles. The molecule has 0 radical (unpaired) electrons. The maximum atomic E-state index is 5.88. The quantitative estimate of drug-likeness (QED) is 0.679. The van der Waals surface area contributed by atoms with Gasteiger partial charge in [0.05, 0.1) is 13.2 Å². The van der Waals surface area contributed by atoms with Crippen molar-refractivity contribution in [1.29, 1.82) is 0 Å². The molecule has 0 aliphatic carbocycles. The summed E-state index contributed by atoms with van der Waals surface area (Å²) in [5, 5.41) is 0. The van der Waals surface area contributed by atoms with Crippen molar-refractivity contribution in [3.05, 3.63) is 29.3 Å². The van der Waals surface area contributed by atoms with Crippen molar-refractivity contribution >= 4 is 17.3 Å².